The maximum atomic E-state index is 12.4. The first kappa shape index (κ1) is 24.1. The van der Waals surface area contributed by atoms with Gasteiger partial charge in [0.2, 0.25) is 10.0 Å². The number of hydrogen-bond acceptors (Lipinski definition) is 5. The Kier molecular flexibility index (Phi) is 6.75. The van der Waals surface area contributed by atoms with Gasteiger partial charge >= 0.3 is 0 Å². The zero-order chi connectivity index (χ0) is 24.5. The lowest BCUT2D eigenvalue weighted by Gasteiger charge is -2.51. The lowest BCUT2D eigenvalue weighted by atomic mass is 9.63. The van der Waals surface area contributed by atoms with Crippen LogP contribution in [0.5, 0.6) is 5.75 Å². The van der Waals surface area contributed by atoms with Crippen molar-refractivity contribution in [1.29, 1.82) is 0 Å². The van der Waals surface area contributed by atoms with Crippen LogP contribution < -0.4 is 4.72 Å². The molecule has 3 aromatic rings. The van der Waals surface area contributed by atoms with Gasteiger partial charge in [0.05, 0.1) is 12.4 Å². The van der Waals surface area contributed by atoms with E-state index in [4.69, 9.17) is 4.74 Å². The number of nitrogens with zero attached hydrogens (tertiary/aromatic N) is 1. The molecule has 186 valence electrons. The highest BCUT2D eigenvalue weighted by Crippen LogP contribution is 2.48. The van der Waals surface area contributed by atoms with Crippen molar-refractivity contribution in [2.45, 2.75) is 50.1 Å². The van der Waals surface area contributed by atoms with E-state index in [0.29, 0.717) is 17.5 Å². The van der Waals surface area contributed by atoms with Gasteiger partial charge in [-0.15, -0.1) is 0 Å². The summed E-state index contributed by atoms with van der Waals surface area (Å²) in [5.41, 5.74) is 3.21. The lowest BCUT2D eigenvalue weighted by molar-refractivity contribution is 0.0462. The number of likely N-dealkylation sites (tertiary alicyclic amines) is 1. The molecule has 1 saturated heterocycles. The van der Waals surface area contributed by atoms with Gasteiger partial charge in [0.1, 0.15) is 5.75 Å². The van der Waals surface area contributed by atoms with Gasteiger partial charge in [0.15, 0.2) is 0 Å². The standard InChI is InChI=1S/C28H34N2O4S/c1-34-16-17-35(32,33)29-23-7-4-6-22(18-23)28-13-5-8-24(19-28)30(15-14-28)20-21-11-12-27(31)26-10-3-2-9-25(21)26/h2-4,6-7,9-12,18,24,29,31H,5,8,13-17,19-20H2,1H3. The quantitative estimate of drug-likeness (QED) is 0.460. The van der Waals surface area contributed by atoms with E-state index in [1.807, 2.05) is 42.5 Å². The average molecular weight is 495 g/mol. The molecule has 0 radical (unpaired) electrons. The van der Waals surface area contributed by atoms with E-state index in [1.54, 1.807) is 0 Å². The highest BCUT2D eigenvalue weighted by Gasteiger charge is 2.43. The first-order valence-corrected chi connectivity index (χ1v) is 14.1. The van der Waals surface area contributed by atoms with E-state index in [2.05, 4.69) is 27.8 Å². The number of methoxy groups -OCH3 is 1. The van der Waals surface area contributed by atoms with Gasteiger partial charge in [-0.3, -0.25) is 9.62 Å². The average Bonchev–Trinajstić information content (AvgIpc) is 2.86. The van der Waals surface area contributed by atoms with Gasteiger partial charge in [-0.2, -0.15) is 0 Å². The second-order valence-corrected chi connectivity index (χ2v) is 11.9. The summed E-state index contributed by atoms with van der Waals surface area (Å²) in [6.07, 6.45) is 5.63. The Morgan fingerprint density at radius 1 is 1.09 bits per heavy atom. The summed E-state index contributed by atoms with van der Waals surface area (Å²) in [6.45, 7) is 2.05. The molecule has 2 N–H and O–H groups in total. The Labute approximate surface area is 208 Å². The Bertz CT molecular complexity index is 1310. The van der Waals surface area contributed by atoms with Crippen LogP contribution in [0.4, 0.5) is 5.69 Å². The molecule has 2 bridgehead atoms. The minimum atomic E-state index is -3.43. The second-order valence-electron chi connectivity index (χ2n) is 10.0. The van der Waals surface area contributed by atoms with Crippen molar-refractivity contribution < 1.29 is 18.3 Å². The normalized spacial score (nSPS) is 22.8. The molecule has 6 nitrogen and oxygen atoms in total. The van der Waals surface area contributed by atoms with Crippen LogP contribution in [0.1, 0.15) is 43.2 Å². The largest absolute Gasteiger partial charge is 0.507 e. The Hall–Kier alpha value is -2.61. The van der Waals surface area contributed by atoms with Crippen molar-refractivity contribution >= 4 is 26.5 Å². The van der Waals surface area contributed by atoms with E-state index in [-0.39, 0.29) is 17.8 Å². The number of phenolic OH excluding ortho intramolecular Hbond substituents is 1. The third kappa shape index (κ3) is 5.03. The van der Waals surface area contributed by atoms with E-state index in [0.717, 1.165) is 43.1 Å². The number of phenols is 1. The molecule has 35 heavy (non-hydrogen) atoms. The van der Waals surface area contributed by atoms with Crippen LogP contribution in [0, 0.1) is 0 Å². The molecule has 0 amide bonds. The fraction of sp³-hybridized carbons (Fsp3) is 0.429. The molecule has 3 aromatic carbocycles. The lowest BCUT2D eigenvalue weighted by Crippen LogP contribution is -2.51. The third-order valence-corrected chi connectivity index (χ3v) is 9.13. The van der Waals surface area contributed by atoms with Crippen LogP contribution in [0.2, 0.25) is 0 Å². The van der Waals surface area contributed by atoms with Crippen molar-refractivity contribution in [2.24, 2.45) is 0 Å². The van der Waals surface area contributed by atoms with E-state index in [9.17, 15) is 13.5 Å². The van der Waals surface area contributed by atoms with Crippen molar-refractivity contribution in [3.63, 3.8) is 0 Å². The van der Waals surface area contributed by atoms with Crippen LogP contribution in [0.25, 0.3) is 10.8 Å². The summed E-state index contributed by atoms with van der Waals surface area (Å²) in [4.78, 5) is 2.60. The smallest absolute Gasteiger partial charge is 0.234 e. The Morgan fingerprint density at radius 3 is 2.74 bits per heavy atom. The van der Waals surface area contributed by atoms with Crippen LogP contribution in [0.3, 0.4) is 0 Å². The first-order valence-electron chi connectivity index (χ1n) is 12.4. The zero-order valence-electron chi connectivity index (χ0n) is 20.2. The molecule has 1 heterocycles. The van der Waals surface area contributed by atoms with E-state index in [1.165, 1.54) is 31.1 Å². The highest BCUT2D eigenvalue weighted by atomic mass is 32.2. The maximum Gasteiger partial charge on any atom is 0.234 e. The number of ether oxygens (including phenoxy) is 1. The zero-order valence-corrected chi connectivity index (χ0v) is 21.1. The molecule has 1 saturated carbocycles. The fourth-order valence-corrected chi connectivity index (χ4v) is 7.04. The summed E-state index contributed by atoms with van der Waals surface area (Å²) < 4.78 is 32.4. The molecule has 0 spiro atoms. The van der Waals surface area contributed by atoms with E-state index >= 15 is 0 Å². The molecule has 1 aliphatic heterocycles. The molecule has 2 atom stereocenters. The number of rotatable bonds is 8. The summed E-state index contributed by atoms with van der Waals surface area (Å²) in [7, 11) is -1.93. The van der Waals surface area contributed by atoms with Crippen LogP contribution in [-0.2, 0) is 26.7 Å². The summed E-state index contributed by atoms with van der Waals surface area (Å²) in [5.74, 6) is 0.277. The maximum absolute atomic E-state index is 12.4. The molecular weight excluding hydrogens is 460 g/mol. The number of sulfonamides is 1. The fourth-order valence-electron chi connectivity index (χ4n) is 6.06. The molecule has 2 fully saturated rings. The van der Waals surface area contributed by atoms with Gasteiger partial charge in [-0.1, -0.05) is 48.9 Å². The minimum absolute atomic E-state index is 0.0537. The molecular formula is C28H34N2O4S. The van der Waals surface area contributed by atoms with Gasteiger partial charge in [0.25, 0.3) is 0 Å². The summed E-state index contributed by atoms with van der Waals surface area (Å²) in [5, 5.41) is 12.3. The predicted molar refractivity (Wildman–Crippen MR) is 140 cm³/mol. The molecule has 2 aliphatic rings. The number of hydrogen-bond donors (Lipinski definition) is 2. The van der Waals surface area contributed by atoms with Crippen molar-refractivity contribution in [2.75, 3.05) is 30.7 Å². The number of benzene rings is 3. The number of anilines is 1. The predicted octanol–water partition coefficient (Wildman–Crippen LogP) is 5.02. The monoisotopic (exact) mass is 494 g/mol. The van der Waals surface area contributed by atoms with Gasteiger partial charge in [-0.25, -0.2) is 8.42 Å². The Morgan fingerprint density at radius 2 is 1.91 bits per heavy atom. The van der Waals surface area contributed by atoms with Crippen molar-refractivity contribution in [1.82, 2.24) is 4.90 Å². The summed E-state index contributed by atoms with van der Waals surface area (Å²) >= 11 is 0. The molecule has 7 heteroatoms. The molecule has 2 unspecified atom stereocenters. The van der Waals surface area contributed by atoms with Crippen LogP contribution in [-0.4, -0.2) is 50.5 Å². The molecule has 5 rings (SSSR count). The number of aromatic hydroxyl groups is 1. The van der Waals surface area contributed by atoms with Gasteiger partial charge in [0, 0.05) is 30.8 Å². The topological polar surface area (TPSA) is 78.9 Å². The molecule has 0 aromatic heterocycles. The highest BCUT2D eigenvalue weighted by molar-refractivity contribution is 7.92. The number of nitrogens with one attached hydrogen (secondary N) is 1. The van der Waals surface area contributed by atoms with E-state index < -0.39 is 10.0 Å². The first-order chi connectivity index (χ1) is 16.9. The van der Waals surface area contributed by atoms with Gasteiger partial charge < -0.3 is 9.84 Å². The summed E-state index contributed by atoms with van der Waals surface area (Å²) in [6, 6.07) is 20.4. The SMILES string of the molecule is COCCS(=O)(=O)Nc1cccc(C23CCCC(C2)N(Cc2ccc(O)c4ccccc24)CC3)c1. The van der Waals surface area contributed by atoms with Crippen LogP contribution in [0.15, 0.2) is 60.7 Å². The minimum Gasteiger partial charge on any atom is -0.507 e. The van der Waals surface area contributed by atoms with Crippen molar-refractivity contribution in [3.05, 3.63) is 71.8 Å². The number of fused-ring (bicyclic) bond motifs is 3. The van der Waals surface area contributed by atoms with Crippen LogP contribution >= 0.6 is 0 Å². The molecule has 1 aliphatic carbocycles. The Balaban J connectivity index is 1.34. The second kappa shape index (κ2) is 9.80. The number of piperidine rings is 1. The third-order valence-electron chi connectivity index (χ3n) is 7.88. The van der Waals surface area contributed by atoms with Crippen molar-refractivity contribution in [3.8, 4) is 5.75 Å². The van der Waals surface area contributed by atoms with Gasteiger partial charge in [-0.05, 0) is 72.4 Å².